The molecule has 0 amide bonds. The van der Waals surface area contributed by atoms with Crippen molar-refractivity contribution in [3.05, 3.63) is 23.8 Å². The van der Waals surface area contributed by atoms with Crippen molar-refractivity contribution in [2.45, 2.75) is 91.3 Å². The van der Waals surface area contributed by atoms with E-state index in [0.717, 1.165) is 44.9 Å². The Morgan fingerprint density at radius 3 is 2.46 bits per heavy atom. The number of esters is 1. The minimum atomic E-state index is -0.467. The van der Waals surface area contributed by atoms with E-state index in [0.29, 0.717) is 17.4 Å². The predicted molar refractivity (Wildman–Crippen MR) is 109 cm³/mol. The molecule has 0 aromatic carbocycles. The zero-order valence-corrected chi connectivity index (χ0v) is 18.1. The summed E-state index contributed by atoms with van der Waals surface area (Å²) in [6, 6.07) is 0. The Balaban J connectivity index is 1.73. The summed E-state index contributed by atoms with van der Waals surface area (Å²) < 4.78 is 6.25. The van der Waals surface area contributed by atoms with Crippen molar-refractivity contribution in [2.75, 3.05) is 0 Å². The second kappa shape index (κ2) is 6.43. The minimum absolute atomic E-state index is 0.0746. The van der Waals surface area contributed by atoms with Crippen LogP contribution >= 0.6 is 0 Å². The predicted octanol–water partition coefficient (Wildman–Crippen LogP) is 5.69. The quantitative estimate of drug-likeness (QED) is 0.222. The summed E-state index contributed by atoms with van der Waals surface area (Å²) in [6.45, 7) is 10.5. The minimum Gasteiger partial charge on any atom is -0.457 e. The molecule has 7 atom stereocenters. The van der Waals surface area contributed by atoms with Crippen molar-refractivity contribution in [2.24, 2.45) is 28.1 Å². The molecular formula is C24H36O4. The summed E-state index contributed by atoms with van der Waals surface area (Å²) >= 11 is 0. The van der Waals surface area contributed by atoms with Crippen molar-refractivity contribution < 1.29 is 19.7 Å². The van der Waals surface area contributed by atoms with Gasteiger partial charge in [-0.05, 0) is 83.0 Å². The molecule has 0 aromatic heterocycles. The molecule has 4 rings (SSSR count). The van der Waals surface area contributed by atoms with Crippen LogP contribution < -0.4 is 0 Å². The van der Waals surface area contributed by atoms with Crippen LogP contribution in [0.1, 0.15) is 79.6 Å². The van der Waals surface area contributed by atoms with Crippen molar-refractivity contribution in [3.8, 4) is 0 Å². The van der Waals surface area contributed by atoms with Gasteiger partial charge in [0, 0.05) is 16.4 Å². The van der Waals surface area contributed by atoms with Gasteiger partial charge in [0.15, 0.2) is 0 Å². The monoisotopic (exact) mass is 388 g/mol. The number of fused-ring (bicyclic) bond motifs is 3. The van der Waals surface area contributed by atoms with Gasteiger partial charge in [-0.1, -0.05) is 32.1 Å². The lowest BCUT2D eigenvalue weighted by molar-refractivity contribution is -0.360. The molecule has 2 bridgehead atoms. The zero-order valence-electron chi connectivity index (χ0n) is 18.1. The van der Waals surface area contributed by atoms with Gasteiger partial charge in [0.05, 0.1) is 0 Å². The van der Waals surface area contributed by atoms with E-state index in [-0.39, 0.29) is 28.3 Å². The average Bonchev–Trinajstić information content (AvgIpc) is 2.83. The van der Waals surface area contributed by atoms with E-state index < -0.39 is 5.60 Å². The molecule has 0 unspecified atom stereocenters. The Morgan fingerprint density at radius 2 is 1.79 bits per heavy atom. The summed E-state index contributed by atoms with van der Waals surface area (Å²) in [4.78, 5) is 17.8. The molecule has 4 aliphatic carbocycles. The van der Waals surface area contributed by atoms with E-state index in [9.17, 15) is 10.1 Å². The normalized spacial score (nSPS) is 50.1. The van der Waals surface area contributed by atoms with E-state index in [1.807, 2.05) is 19.9 Å². The maximum absolute atomic E-state index is 12.7. The first-order valence-corrected chi connectivity index (χ1v) is 11.0. The molecule has 4 heteroatoms. The first-order valence-electron chi connectivity index (χ1n) is 11.0. The Labute approximate surface area is 169 Å². The van der Waals surface area contributed by atoms with Gasteiger partial charge in [-0.15, -0.1) is 0 Å². The zero-order chi connectivity index (χ0) is 20.4. The fraction of sp³-hybridized carbons (Fsp3) is 0.792. The third kappa shape index (κ3) is 2.53. The molecule has 1 spiro atoms. The van der Waals surface area contributed by atoms with E-state index in [1.165, 1.54) is 0 Å². The number of hydrogen-bond donors (Lipinski definition) is 1. The Kier molecular flexibility index (Phi) is 4.63. The molecule has 0 aliphatic heterocycles. The Morgan fingerprint density at radius 1 is 1.07 bits per heavy atom. The van der Waals surface area contributed by atoms with Crippen LogP contribution in [0.4, 0.5) is 0 Å². The number of carbonyl (C=O) groups excluding carboxylic acids is 1. The second-order valence-corrected chi connectivity index (χ2v) is 10.7. The lowest BCUT2D eigenvalue weighted by Crippen LogP contribution is -2.63. The lowest BCUT2D eigenvalue weighted by atomic mass is 9.41. The molecule has 3 fully saturated rings. The van der Waals surface area contributed by atoms with Crippen LogP contribution in [0.25, 0.3) is 0 Å². The highest BCUT2D eigenvalue weighted by atomic mass is 17.1. The molecule has 0 heterocycles. The summed E-state index contributed by atoms with van der Waals surface area (Å²) in [7, 11) is 0. The van der Waals surface area contributed by atoms with Gasteiger partial charge < -0.3 is 4.74 Å². The molecule has 3 saturated carbocycles. The molecule has 4 nitrogen and oxygen atoms in total. The summed E-state index contributed by atoms with van der Waals surface area (Å²) in [5.74, 6) is 0.604. The number of rotatable bonds is 3. The molecular weight excluding hydrogens is 352 g/mol. The fourth-order valence-electron chi connectivity index (χ4n) is 7.69. The van der Waals surface area contributed by atoms with Gasteiger partial charge in [-0.25, -0.2) is 9.68 Å². The standard InChI is InChI=1S/C24H36O4/c1-6-16(2)19(25)27-20-21(3)12-8-18-22(4)10-7-11-23(5,28-26)17(22)9-13-24(18,20)15-14-21/h6,14-15,17-18,20,26H,7-13H2,1-5H3/b16-6+/t17-,18+,20-,21+,22+,23+,24+/m0/s1. The highest BCUT2D eigenvalue weighted by Crippen LogP contribution is 2.71. The number of carbonyl (C=O) groups is 1. The molecule has 28 heavy (non-hydrogen) atoms. The number of allylic oxidation sites excluding steroid dienone is 1. The highest BCUT2D eigenvalue weighted by molar-refractivity contribution is 5.87. The first kappa shape index (κ1) is 20.2. The van der Waals surface area contributed by atoms with Crippen LogP contribution in [0.5, 0.6) is 0 Å². The van der Waals surface area contributed by atoms with Crippen LogP contribution in [0, 0.1) is 28.1 Å². The van der Waals surface area contributed by atoms with E-state index >= 15 is 0 Å². The van der Waals surface area contributed by atoms with E-state index in [1.54, 1.807) is 0 Å². The van der Waals surface area contributed by atoms with E-state index in [2.05, 4.69) is 32.9 Å². The fourth-order valence-corrected chi connectivity index (χ4v) is 7.69. The molecule has 0 radical (unpaired) electrons. The van der Waals surface area contributed by atoms with Gasteiger partial charge >= 0.3 is 5.97 Å². The third-order valence-electron chi connectivity index (χ3n) is 9.25. The maximum atomic E-state index is 12.7. The van der Waals surface area contributed by atoms with Crippen LogP contribution in [0.3, 0.4) is 0 Å². The Hall–Kier alpha value is -1.13. The smallest absolute Gasteiger partial charge is 0.333 e. The third-order valence-corrected chi connectivity index (χ3v) is 9.25. The Bertz CT molecular complexity index is 726. The van der Waals surface area contributed by atoms with Gasteiger partial charge in [0.25, 0.3) is 0 Å². The van der Waals surface area contributed by atoms with Gasteiger partial charge in [0.1, 0.15) is 11.7 Å². The van der Waals surface area contributed by atoms with Gasteiger partial charge in [0.2, 0.25) is 0 Å². The summed E-state index contributed by atoms with van der Waals surface area (Å²) in [5, 5.41) is 9.74. The largest absolute Gasteiger partial charge is 0.457 e. The topological polar surface area (TPSA) is 55.8 Å². The van der Waals surface area contributed by atoms with Crippen molar-refractivity contribution in [1.29, 1.82) is 0 Å². The van der Waals surface area contributed by atoms with Crippen molar-refractivity contribution in [1.82, 2.24) is 0 Å². The second-order valence-electron chi connectivity index (χ2n) is 10.7. The van der Waals surface area contributed by atoms with Crippen LogP contribution in [-0.2, 0) is 14.4 Å². The average molecular weight is 389 g/mol. The van der Waals surface area contributed by atoms with Gasteiger partial charge in [-0.2, -0.15) is 0 Å². The van der Waals surface area contributed by atoms with Gasteiger partial charge in [-0.3, -0.25) is 5.26 Å². The van der Waals surface area contributed by atoms with Crippen LogP contribution in [0.2, 0.25) is 0 Å². The summed E-state index contributed by atoms with van der Waals surface area (Å²) in [6.07, 6.45) is 13.8. The SMILES string of the molecule is C/C=C(\C)C(=O)O[C@@H]1[C@]23C=C[C@@]1(C)CC[C@@H]2[C@]1(C)CCC[C@@](C)(OO)[C@H]1CC3. The first-order chi connectivity index (χ1) is 13.2. The highest BCUT2D eigenvalue weighted by Gasteiger charge is 2.69. The molecule has 1 N–H and O–H groups in total. The van der Waals surface area contributed by atoms with Crippen molar-refractivity contribution >= 4 is 5.97 Å². The number of hydrogen-bond acceptors (Lipinski definition) is 4. The molecule has 0 saturated heterocycles. The lowest BCUT2D eigenvalue weighted by Gasteiger charge is -2.65. The summed E-state index contributed by atoms with van der Waals surface area (Å²) in [5.41, 5.74) is 0.139. The molecule has 0 aromatic rings. The van der Waals surface area contributed by atoms with E-state index in [4.69, 9.17) is 9.62 Å². The molecule has 156 valence electrons. The van der Waals surface area contributed by atoms with Crippen molar-refractivity contribution in [3.63, 3.8) is 0 Å². The van der Waals surface area contributed by atoms with Crippen LogP contribution in [-0.4, -0.2) is 22.9 Å². The van der Waals surface area contributed by atoms with Crippen LogP contribution in [0.15, 0.2) is 23.8 Å². The maximum Gasteiger partial charge on any atom is 0.333 e. The number of ether oxygens (including phenoxy) is 1. The molecule has 4 aliphatic rings.